The number of aromatic nitrogens is 2. The molecule has 0 saturated carbocycles. The summed E-state index contributed by atoms with van der Waals surface area (Å²) in [7, 11) is 0. The van der Waals surface area contributed by atoms with Crippen molar-refractivity contribution in [2.45, 2.75) is 32.4 Å². The zero-order valence-electron chi connectivity index (χ0n) is 11.9. The average Bonchev–Trinajstić information content (AvgIpc) is 3.07. The van der Waals surface area contributed by atoms with Crippen LogP contribution in [0.1, 0.15) is 24.8 Å². The Bertz CT molecular complexity index is 570. The van der Waals surface area contributed by atoms with E-state index < -0.39 is 0 Å². The SMILES string of the molecule is Cc1ccc(-c2nnc(CNC3(C)CCNC3)o2)cc1. The predicted octanol–water partition coefficient (Wildman–Crippen LogP) is 1.89. The van der Waals surface area contributed by atoms with E-state index in [2.05, 4.69) is 34.7 Å². The molecule has 1 atom stereocenters. The molecule has 3 rings (SSSR count). The van der Waals surface area contributed by atoms with Crippen molar-refractivity contribution in [1.82, 2.24) is 20.8 Å². The minimum absolute atomic E-state index is 0.124. The molecule has 1 aliphatic rings. The van der Waals surface area contributed by atoms with E-state index in [1.54, 1.807) is 0 Å². The molecule has 0 radical (unpaired) electrons. The molecule has 0 aliphatic carbocycles. The second-order valence-corrected chi connectivity index (χ2v) is 5.71. The van der Waals surface area contributed by atoms with Crippen molar-refractivity contribution in [3.05, 3.63) is 35.7 Å². The van der Waals surface area contributed by atoms with Crippen LogP contribution in [0.5, 0.6) is 0 Å². The van der Waals surface area contributed by atoms with Crippen molar-refractivity contribution in [2.75, 3.05) is 13.1 Å². The van der Waals surface area contributed by atoms with Gasteiger partial charge in [-0.05, 0) is 38.9 Å². The summed E-state index contributed by atoms with van der Waals surface area (Å²) >= 11 is 0. The largest absolute Gasteiger partial charge is 0.419 e. The highest BCUT2D eigenvalue weighted by Gasteiger charge is 2.28. The highest BCUT2D eigenvalue weighted by Crippen LogP contribution is 2.19. The number of hydrogen-bond donors (Lipinski definition) is 2. The summed E-state index contributed by atoms with van der Waals surface area (Å²) < 4.78 is 5.71. The summed E-state index contributed by atoms with van der Waals surface area (Å²) in [5.74, 6) is 1.21. The number of benzene rings is 1. The standard InChI is InChI=1S/C15H20N4O/c1-11-3-5-12(6-4-11)14-19-18-13(20-14)9-17-15(2)7-8-16-10-15/h3-6,16-17H,7-10H2,1-2H3. The molecule has 2 aromatic rings. The summed E-state index contributed by atoms with van der Waals surface area (Å²) in [5, 5.41) is 15.1. The second-order valence-electron chi connectivity index (χ2n) is 5.71. The van der Waals surface area contributed by atoms with Gasteiger partial charge in [-0.1, -0.05) is 17.7 Å². The zero-order chi connectivity index (χ0) is 14.0. The number of rotatable bonds is 4. The maximum atomic E-state index is 5.71. The molecule has 1 fully saturated rings. The third kappa shape index (κ3) is 2.89. The van der Waals surface area contributed by atoms with Gasteiger partial charge in [-0.25, -0.2) is 0 Å². The number of hydrogen-bond acceptors (Lipinski definition) is 5. The van der Waals surface area contributed by atoms with Gasteiger partial charge in [0.1, 0.15) is 0 Å². The van der Waals surface area contributed by atoms with Crippen LogP contribution in [0.2, 0.25) is 0 Å². The lowest BCUT2D eigenvalue weighted by Gasteiger charge is -2.23. The number of nitrogens with zero attached hydrogens (tertiary/aromatic N) is 2. The number of aryl methyl sites for hydroxylation is 1. The normalized spacial score (nSPS) is 22.3. The van der Waals surface area contributed by atoms with Crippen molar-refractivity contribution in [1.29, 1.82) is 0 Å². The molecule has 1 saturated heterocycles. The molecular weight excluding hydrogens is 252 g/mol. The van der Waals surface area contributed by atoms with Gasteiger partial charge in [0.2, 0.25) is 11.8 Å². The molecule has 1 aliphatic heterocycles. The second kappa shape index (κ2) is 5.34. The van der Waals surface area contributed by atoms with Crippen molar-refractivity contribution in [3.8, 4) is 11.5 Å². The van der Waals surface area contributed by atoms with Gasteiger partial charge in [-0.2, -0.15) is 0 Å². The van der Waals surface area contributed by atoms with Crippen molar-refractivity contribution >= 4 is 0 Å². The van der Waals surface area contributed by atoms with E-state index in [9.17, 15) is 0 Å². The van der Waals surface area contributed by atoms with Crippen LogP contribution in [0.25, 0.3) is 11.5 Å². The van der Waals surface area contributed by atoms with Crippen molar-refractivity contribution in [2.24, 2.45) is 0 Å². The van der Waals surface area contributed by atoms with Gasteiger partial charge >= 0.3 is 0 Å². The van der Waals surface area contributed by atoms with Crippen LogP contribution in [0.15, 0.2) is 28.7 Å². The molecule has 2 heterocycles. The van der Waals surface area contributed by atoms with Gasteiger partial charge in [0.15, 0.2) is 0 Å². The van der Waals surface area contributed by atoms with Crippen LogP contribution < -0.4 is 10.6 Å². The fourth-order valence-corrected chi connectivity index (χ4v) is 2.39. The molecule has 1 aromatic carbocycles. The summed E-state index contributed by atoms with van der Waals surface area (Å²) in [6.45, 7) is 6.92. The first-order valence-electron chi connectivity index (χ1n) is 7.00. The van der Waals surface area contributed by atoms with Gasteiger partial charge in [0, 0.05) is 17.6 Å². The summed E-state index contributed by atoms with van der Waals surface area (Å²) in [6, 6.07) is 8.09. The van der Waals surface area contributed by atoms with Crippen LogP contribution in [0, 0.1) is 6.92 Å². The van der Waals surface area contributed by atoms with E-state index in [0.29, 0.717) is 18.3 Å². The Balaban J connectivity index is 1.66. The Morgan fingerprint density at radius 3 is 2.80 bits per heavy atom. The molecular formula is C15H20N4O. The minimum Gasteiger partial charge on any atom is -0.419 e. The maximum absolute atomic E-state index is 5.71. The van der Waals surface area contributed by atoms with Crippen LogP contribution in [-0.2, 0) is 6.54 Å². The fourth-order valence-electron chi connectivity index (χ4n) is 2.39. The van der Waals surface area contributed by atoms with E-state index in [1.165, 1.54) is 5.56 Å². The Morgan fingerprint density at radius 1 is 1.30 bits per heavy atom. The van der Waals surface area contributed by atoms with Crippen molar-refractivity contribution < 1.29 is 4.42 Å². The third-order valence-corrected chi connectivity index (χ3v) is 3.80. The molecule has 5 heteroatoms. The van der Waals surface area contributed by atoms with E-state index in [0.717, 1.165) is 25.1 Å². The molecule has 0 spiro atoms. The molecule has 2 N–H and O–H groups in total. The van der Waals surface area contributed by atoms with E-state index in [1.807, 2.05) is 24.3 Å². The van der Waals surface area contributed by atoms with E-state index >= 15 is 0 Å². The van der Waals surface area contributed by atoms with Crippen LogP contribution in [0.3, 0.4) is 0 Å². The van der Waals surface area contributed by atoms with Gasteiger partial charge < -0.3 is 15.1 Å². The highest BCUT2D eigenvalue weighted by molar-refractivity contribution is 5.52. The van der Waals surface area contributed by atoms with Crippen LogP contribution in [0.4, 0.5) is 0 Å². The summed E-state index contributed by atoms with van der Waals surface area (Å²) in [5.41, 5.74) is 2.30. The van der Waals surface area contributed by atoms with Gasteiger partial charge in [-0.3, -0.25) is 0 Å². The highest BCUT2D eigenvalue weighted by atomic mass is 16.4. The number of nitrogens with one attached hydrogen (secondary N) is 2. The Morgan fingerprint density at radius 2 is 2.10 bits per heavy atom. The monoisotopic (exact) mass is 272 g/mol. The van der Waals surface area contributed by atoms with Crippen LogP contribution in [-0.4, -0.2) is 28.8 Å². The Hall–Kier alpha value is -1.72. The first-order chi connectivity index (χ1) is 9.65. The van der Waals surface area contributed by atoms with E-state index in [4.69, 9.17) is 4.42 Å². The lowest BCUT2D eigenvalue weighted by molar-refractivity contribution is 0.356. The predicted molar refractivity (Wildman–Crippen MR) is 77.2 cm³/mol. The van der Waals surface area contributed by atoms with Crippen LogP contribution >= 0.6 is 0 Å². The molecule has 0 bridgehead atoms. The fraction of sp³-hybridized carbons (Fsp3) is 0.467. The minimum atomic E-state index is 0.124. The smallest absolute Gasteiger partial charge is 0.247 e. The molecule has 1 unspecified atom stereocenters. The maximum Gasteiger partial charge on any atom is 0.247 e. The van der Waals surface area contributed by atoms with Crippen molar-refractivity contribution in [3.63, 3.8) is 0 Å². The molecule has 1 aromatic heterocycles. The van der Waals surface area contributed by atoms with Gasteiger partial charge in [-0.15, -0.1) is 10.2 Å². The average molecular weight is 272 g/mol. The zero-order valence-corrected chi connectivity index (χ0v) is 11.9. The third-order valence-electron chi connectivity index (χ3n) is 3.80. The molecule has 106 valence electrons. The quantitative estimate of drug-likeness (QED) is 0.890. The lowest BCUT2D eigenvalue weighted by Crippen LogP contribution is -2.43. The summed E-state index contributed by atoms with van der Waals surface area (Å²) in [6.07, 6.45) is 1.12. The first-order valence-corrected chi connectivity index (χ1v) is 7.00. The topological polar surface area (TPSA) is 63.0 Å². The Labute approximate surface area is 118 Å². The Kier molecular flexibility index (Phi) is 3.54. The van der Waals surface area contributed by atoms with Gasteiger partial charge in [0.05, 0.1) is 6.54 Å². The summed E-state index contributed by atoms with van der Waals surface area (Å²) in [4.78, 5) is 0. The lowest BCUT2D eigenvalue weighted by atomic mass is 10.0. The van der Waals surface area contributed by atoms with Gasteiger partial charge in [0.25, 0.3) is 0 Å². The molecule has 5 nitrogen and oxygen atoms in total. The molecule has 0 amide bonds. The first kappa shape index (κ1) is 13.3. The molecule has 20 heavy (non-hydrogen) atoms. The van der Waals surface area contributed by atoms with E-state index in [-0.39, 0.29) is 5.54 Å².